The first-order valence-corrected chi connectivity index (χ1v) is 6.21. The van der Waals surface area contributed by atoms with E-state index in [-0.39, 0.29) is 0 Å². The minimum atomic E-state index is 0.767. The van der Waals surface area contributed by atoms with Crippen LogP contribution in [0.3, 0.4) is 0 Å². The first-order valence-electron chi connectivity index (χ1n) is 6.21. The Morgan fingerprint density at radius 2 is 2.06 bits per heavy atom. The van der Waals surface area contributed by atoms with Gasteiger partial charge in [-0.2, -0.15) is 5.10 Å². The van der Waals surface area contributed by atoms with Crippen molar-refractivity contribution in [2.24, 2.45) is 0 Å². The molecule has 1 N–H and O–H groups in total. The van der Waals surface area contributed by atoms with E-state index >= 15 is 0 Å². The van der Waals surface area contributed by atoms with Crippen LogP contribution in [0.5, 0.6) is 0 Å². The van der Waals surface area contributed by atoms with Gasteiger partial charge in [0.2, 0.25) is 0 Å². The summed E-state index contributed by atoms with van der Waals surface area (Å²) in [6.45, 7) is 7.00. The van der Waals surface area contributed by atoms with Gasteiger partial charge in [0.15, 0.2) is 0 Å². The Morgan fingerprint density at radius 1 is 1.28 bits per heavy atom. The Bertz CT molecular complexity index is 544. The van der Waals surface area contributed by atoms with Crippen LogP contribution in [0.25, 0.3) is 11.3 Å². The number of hydrogen-bond acceptors (Lipinski definition) is 4. The smallest absolute Gasteiger partial charge is 0.132 e. The Kier molecular flexibility index (Phi) is 3.60. The zero-order valence-electron chi connectivity index (χ0n) is 11.4. The summed E-state index contributed by atoms with van der Waals surface area (Å²) in [4.78, 5) is 8.89. The minimum absolute atomic E-state index is 0.767. The Labute approximate surface area is 107 Å². The van der Waals surface area contributed by atoms with Crippen molar-refractivity contribution in [3.8, 4) is 11.3 Å². The second-order valence-electron chi connectivity index (χ2n) is 4.34. The van der Waals surface area contributed by atoms with Gasteiger partial charge in [0.1, 0.15) is 11.6 Å². The van der Waals surface area contributed by atoms with Crippen LogP contribution >= 0.6 is 0 Å². The van der Waals surface area contributed by atoms with Crippen LogP contribution in [0.2, 0.25) is 0 Å². The summed E-state index contributed by atoms with van der Waals surface area (Å²) in [7, 11) is 1.87. The molecule has 0 aliphatic heterocycles. The molecule has 0 spiro atoms. The highest BCUT2D eigenvalue weighted by atomic mass is 15.3. The van der Waals surface area contributed by atoms with Crippen molar-refractivity contribution in [2.75, 3.05) is 12.4 Å². The highest BCUT2D eigenvalue weighted by Gasteiger charge is 2.11. The molecule has 0 saturated heterocycles. The van der Waals surface area contributed by atoms with Crippen LogP contribution in [-0.4, -0.2) is 26.8 Å². The fraction of sp³-hybridized carbons (Fsp3) is 0.462. The third-order valence-electron chi connectivity index (χ3n) is 2.85. The minimum Gasteiger partial charge on any atom is -0.373 e. The van der Waals surface area contributed by atoms with Gasteiger partial charge in [0.05, 0.1) is 11.9 Å². The van der Waals surface area contributed by atoms with Gasteiger partial charge in [0.25, 0.3) is 0 Å². The van der Waals surface area contributed by atoms with E-state index in [2.05, 4.69) is 27.3 Å². The topological polar surface area (TPSA) is 55.6 Å². The van der Waals surface area contributed by atoms with E-state index in [1.807, 2.05) is 38.0 Å². The lowest BCUT2D eigenvalue weighted by molar-refractivity contribution is 0.603. The van der Waals surface area contributed by atoms with Crippen LogP contribution < -0.4 is 5.32 Å². The van der Waals surface area contributed by atoms with Gasteiger partial charge >= 0.3 is 0 Å². The summed E-state index contributed by atoms with van der Waals surface area (Å²) in [6.07, 6.45) is 4.98. The quantitative estimate of drug-likeness (QED) is 0.898. The molecule has 2 heterocycles. The monoisotopic (exact) mass is 245 g/mol. The number of anilines is 1. The molecule has 0 fully saturated rings. The lowest BCUT2D eigenvalue weighted by atomic mass is 10.1. The van der Waals surface area contributed by atoms with Crippen molar-refractivity contribution in [3.63, 3.8) is 0 Å². The average molecular weight is 245 g/mol. The number of aromatic nitrogens is 4. The van der Waals surface area contributed by atoms with Gasteiger partial charge in [-0.05, 0) is 20.3 Å². The van der Waals surface area contributed by atoms with Gasteiger partial charge in [-0.25, -0.2) is 9.97 Å². The molecule has 5 nitrogen and oxygen atoms in total. The van der Waals surface area contributed by atoms with Crippen LogP contribution in [0.4, 0.5) is 5.82 Å². The third-order valence-corrected chi connectivity index (χ3v) is 2.85. The molecule has 18 heavy (non-hydrogen) atoms. The molecule has 0 amide bonds. The summed E-state index contributed by atoms with van der Waals surface area (Å²) in [6, 6.07) is 0. The van der Waals surface area contributed by atoms with E-state index in [1.54, 1.807) is 0 Å². The van der Waals surface area contributed by atoms with Gasteiger partial charge in [-0.1, -0.05) is 6.92 Å². The number of aryl methyl sites for hydroxylation is 2. The summed E-state index contributed by atoms with van der Waals surface area (Å²) in [5, 5.41) is 7.44. The van der Waals surface area contributed by atoms with E-state index in [4.69, 9.17) is 0 Å². The van der Waals surface area contributed by atoms with Crippen LogP contribution in [0.15, 0.2) is 12.4 Å². The molecular formula is C13H19N5. The molecule has 0 saturated carbocycles. The number of nitrogens with zero attached hydrogens (tertiary/aromatic N) is 4. The predicted molar refractivity (Wildman–Crippen MR) is 72.6 cm³/mol. The molecule has 5 heteroatoms. The fourth-order valence-corrected chi connectivity index (χ4v) is 1.99. The maximum Gasteiger partial charge on any atom is 0.132 e. The van der Waals surface area contributed by atoms with Crippen molar-refractivity contribution in [3.05, 3.63) is 23.8 Å². The maximum absolute atomic E-state index is 4.52. The highest BCUT2D eigenvalue weighted by molar-refractivity contribution is 5.66. The molecule has 0 aliphatic rings. The lowest BCUT2D eigenvalue weighted by Crippen LogP contribution is -2.02. The molecule has 96 valence electrons. The first-order chi connectivity index (χ1) is 8.65. The molecule has 2 rings (SSSR count). The van der Waals surface area contributed by atoms with Crippen molar-refractivity contribution >= 4 is 5.82 Å². The predicted octanol–water partition coefficient (Wildman–Crippen LogP) is 2.41. The Morgan fingerprint density at radius 3 is 2.72 bits per heavy atom. The van der Waals surface area contributed by atoms with E-state index in [0.29, 0.717) is 0 Å². The Hall–Kier alpha value is -1.91. The average Bonchev–Trinajstić information content (AvgIpc) is 2.80. The van der Waals surface area contributed by atoms with Crippen LogP contribution in [0.1, 0.15) is 24.7 Å². The SMILES string of the molecule is CCCn1cc(-c2nc(C)nc(NC)c2C)cn1. The number of rotatable bonds is 4. The van der Waals surface area contributed by atoms with Crippen LogP contribution in [0, 0.1) is 13.8 Å². The normalized spacial score (nSPS) is 10.7. The summed E-state index contributed by atoms with van der Waals surface area (Å²) >= 11 is 0. The van der Waals surface area contributed by atoms with E-state index in [0.717, 1.165) is 41.4 Å². The molecular weight excluding hydrogens is 226 g/mol. The standard InChI is InChI=1S/C13H19N5/c1-5-6-18-8-11(7-15-18)12-9(2)13(14-4)17-10(3)16-12/h7-8H,5-6H2,1-4H3,(H,14,16,17). The molecule has 0 aliphatic carbocycles. The second kappa shape index (κ2) is 5.16. The molecule has 2 aromatic heterocycles. The summed E-state index contributed by atoms with van der Waals surface area (Å²) in [5.74, 6) is 1.64. The van der Waals surface area contributed by atoms with Crippen molar-refractivity contribution in [1.82, 2.24) is 19.7 Å². The van der Waals surface area contributed by atoms with Gasteiger partial charge < -0.3 is 5.32 Å². The van der Waals surface area contributed by atoms with Crippen molar-refractivity contribution in [2.45, 2.75) is 33.7 Å². The first kappa shape index (κ1) is 12.5. The fourth-order valence-electron chi connectivity index (χ4n) is 1.99. The van der Waals surface area contributed by atoms with Crippen molar-refractivity contribution in [1.29, 1.82) is 0 Å². The lowest BCUT2D eigenvalue weighted by Gasteiger charge is -2.09. The summed E-state index contributed by atoms with van der Waals surface area (Å²) in [5.41, 5.74) is 3.05. The van der Waals surface area contributed by atoms with Gasteiger partial charge in [0, 0.05) is 30.9 Å². The zero-order chi connectivity index (χ0) is 13.1. The molecule has 0 radical (unpaired) electrons. The second-order valence-corrected chi connectivity index (χ2v) is 4.34. The van der Waals surface area contributed by atoms with E-state index < -0.39 is 0 Å². The molecule has 0 aromatic carbocycles. The van der Waals surface area contributed by atoms with Gasteiger partial charge in [-0.15, -0.1) is 0 Å². The third kappa shape index (κ3) is 2.34. The molecule has 0 atom stereocenters. The summed E-state index contributed by atoms with van der Waals surface area (Å²) < 4.78 is 1.95. The zero-order valence-corrected chi connectivity index (χ0v) is 11.4. The van der Waals surface area contributed by atoms with Crippen molar-refractivity contribution < 1.29 is 0 Å². The largest absolute Gasteiger partial charge is 0.373 e. The number of nitrogens with one attached hydrogen (secondary N) is 1. The van der Waals surface area contributed by atoms with E-state index in [1.165, 1.54) is 0 Å². The van der Waals surface area contributed by atoms with E-state index in [9.17, 15) is 0 Å². The van der Waals surface area contributed by atoms with Gasteiger partial charge in [-0.3, -0.25) is 4.68 Å². The highest BCUT2D eigenvalue weighted by Crippen LogP contribution is 2.25. The Balaban J connectivity index is 2.45. The molecule has 0 unspecified atom stereocenters. The molecule has 2 aromatic rings. The number of hydrogen-bond donors (Lipinski definition) is 1. The van der Waals surface area contributed by atoms with Crippen LogP contribution in [-0.2, 0) is 6.54 Å². The molecule has 0 bridgehead atoms. The maximum atomic E-state index is 4.52.